The summed E-state index contributed by atoms with van der Waals surface area (Å²) in [5.74, 6) is 2.20. The number of benzene rings is 2. The quantitative estimate of drug-likeness (QED) is 0.768. The molecule has 0 bridgehead atoms. The zero-order chi connectivity index (χ0) is 13.5. The molecule has 1 fully saturated rings. The molecule has 21 heavy (non-hydrogen) atoms. The summed E-state index contributed by atoms with van der Waals surface area (Å²) in [6.45, 7) is 0.777. The Kier molecular flexibility index (Phi) is 3.75. The molecule has 0 spiro atoms. The predicted octanol–water partition coefficient (Wildman–Crippen LogP) is 4.58. The highest BCUT2D eigenvalue weighted by Gasteiger charge is 2.38. The van der Waals surface area contributed by atoms with Gasteiger partial charge in [-0.05, 0) is 42.5 Å². The summed E-state index contributed by atoms with van der Waals surface area (Å²) in [6.07, 6.45) is 1.20. The second-order valence-electron chi connectivity index (χ2n) is 5.57. The van der Waals surface area contributed by atoms with E-state index in [9.17, 15) is 0 Å². The van der Waals surface area contributed by atoms with E-state index in [-0.39, 0.29) is 12.4 Å². The van der Waals surface area contributed by atoms with E-state index in [0.717, 1.165) is 23.3 Å². The maximum absolute atomic E-state index is 6.01. The summed E-state index contributed by atoms with van der Waals surface area (Å²) in [6, 6.07) is 18.8. The number of hydrogen-bond acceptors (Lipinski definition) is 2. The number of para-hydroxylation sites is 1. The fraction of sp³-hybridized carbons (Fsp3) is 0.222. The Bertz CT molecular complexity index is 732. The molecule has 108 valence electrons. The molecule has 1 aliphatic rings. The molecule has 0 aliphatic heterocycles. The van der Waals surface area contributed by atoms with Crippen LogP contribution >= 0.6 is 12.4 Å². The highest BCUT2D eigenvalue weighted by Crippen LogP contribution is 2.49. The summed E-state index contributed by atoms with van der Waals surface area (Å²) < 4.78 is 6.01. The summed E-state index contributed by atoms with van der Waals surface area (Å²) in [4.78, 5) is 0. The van der Waals surface area contributed by atoms with E-state index in [2.05, 4.69) is 36.4 Å². The van der Waals surface area contributed by atoms with Gasteiger partial charge in [-0.2, -0.15) is 0 Å². The van der Waals surface area contributed by atoms with Gasteiger partial charge in [0.25, 0.3) is 0 Å². The van der Waals surface area contributed by atoms with Gasteiger partial charge in [0, 0.05) is 10.9 Å². The van der Waals surface area contributed by atoms with Crippen molar-refractivity contribution in [2.45, 2.75) is 12.3 Å². The van der Waals surface area contributed by atoms with Crippen molar-refractivity contribution in [1.82, 2.24) is 0 Å². The minimum absolute atomic E-state index is 0. The van der Waals surface area contributed by atoms with E-state index in [1.807, 2.05) is 18.2 Å². The second-order valence-corrected chi connectivity index (χ2v) is 5.57. The molecule has 0 amide bonds. The van der Waals surface area contributed by atoms with E-state index in [1.54, 1.807) is 0 Å². The minimum Gasteiger partial charge on any atom is -0.456 e. The predicted molar refractivity (Wildman–Crippen MR) is 88.8 cm³/mol. The van der Waals surface area contributed by atoms with Gasteiger partial charge in [0.05, 0.1) is 0 Å². The lowest BCUT2D eigenvalue weighted by Crippen LogP contribution is -2.02. The first kappa shape index (κ1) is 14.2. The zero-order valence-corrected chi connectivity index (χ0v) is 12.5. The van der Waals surface area contributed by atoms with Crippen LogP contribution in [0.3, 0.4) is 0 Å². The summed E-state index contributed by atoms with van der Waals surface area (Å²) in [5, 5.41) is 1.16. The Morgan fingerprint density at radius 1 is 1.05 bits per heavy atom. The molecule has 3 aromatic rings. The molecule has 1 aliphatic carbocycles. The van der Waals surface area contributed by atoms with Crippen LogP contribution in [-0.2, 0) is 0 Å². The lowest BCUT2D eigenvalue weighted by Gasteiger charge is -2.06. The molecule has 0 saturated heterocycles. The van der Waals surface area contributed by atoms with E-state index >= 15 is 0 Å². The van der Waals surface area contributed by atoms with Gasteiger partial charge in [-0.15, -0.1) is 12.4 Å². The molecule has 3 heteroatoms. The molecule has 2 aromatic carbocycles. The Hall–Kier alpha value is -1.77. The number of nitrogens with two attached hydrogens (primary N) is 1. The van der Waals surface area contributed by atoms with Gasteiger partial charge in [-0.1, -0.05) is 42.5 Å². The maximum atomic E-state index is 6.01. The molecule has 0 unspecified atom stereocenters. The Labute approximate surface area is 130 Å². The fourth-order valence-electron chi connectivity index (χ4n) is 3.05. The molecule has 0 radical (unpaired) electrons. The van der Waals surface area contributed by atoms with E-state index < -0.39 is 0 Å². The van der Waals surface area contributed by atoms with Crippen LogP contribution in [0.15, 0.2) is 59.0 Å². The van der Waals surface area contributed by atoms with E-state index in [4.69, 9.17) is 10.2 Å². The fourth-order valence-corrected chi connectivity index (χ4v) is 3.05. The minimum atomic E-state index is 0. The molecule has 1 heterocycles. The van der Waals surface area contributed by atoms with Crippen LogP contribution in [0, 0.1) is 5.92 Å². The van der Waals surface area contributed by atoms with Crippen molar-refractivity contribution in [3.8, 4) is 11.3 Å². The first-order chi connectivity index (χ1) is 9.86. The van der Waals surface area contributed by atoms with Crippen LogP contribution in [0.25, 0.3) is 22.3 Å². The topological polar surface area (TPSA) is 39.2 Å². The third-order valence-electron chi connectivity index (χ3n) is 4.28. The molecule has 4 rings (SSSR count). The van der Waals surface area contributed by atoms with Gasteiger partial charge in [0.15, 0.2) is 0 Å². The standard InChI is InChI=1S/C18H17NO.ClH/c19-11-13-9-16(13)14-6-2-3-7-15(14)18-10-12-5-1-4-8-17(12)20-18;/h1-8,10,13,16H,9,11,19H2;1H/t13-,16+;/m1./s1. The number of halogens is 1. The van der Waals surface area contributed by atoms with Crippen molar-refractivity contribution in [3.05, 3.63) is 60.2 Å². The number of fused-ring (bicyclic) bond motifs is 1. The Balaban J connectivity index is 0.00000132. The number of hydrogen-bond donors (Lipinski definition) is 1. The van der Waals surface area contributed by atoms with Crippen LogP contribution in [-0.4, -0.2) is 6.54 Å². The molecule has 2 atom stereocenters. The van der Waals surface area contributed by atoms with Crippen molar-refractivity contribution < 1.29 is 4.42 Å². The average Bonchev–Trinajstić information content (AvgIpc) is 3.16. The van der Waals surface area contributed by atoms with Crippen LogP contribution in [0.1, 0.15) is 17.9 Å². The van der Waals surface area contributed by atoms with Gasteiger partial charge >= 0.3 is 0 Å². The number of furan rings is 1. The zero-order valence-electron chi connectivity index (χ0n) is 11.7. The summed E-state index contributed by atoms with van der Waals surface area (Å²) in [5.41, 5.74) is 9.33. The Morgan fingerprint density at radius 2 is 1.81 bits per heavy atom. The van der Waals surface area contributed by atoms with Gasteiger partial charge < -0.3 is 10.2 Å². The maximum Gasteiger partial charge on any atom is 0.135 e. The van der Waals surface area contributed by atoms with Crippen molar-refractivity contribution in [2.24, 2.45) is 11.7 Å². The van der Waals surface area contributed by atoms with Crippen LogP contribution in [0.5, 0.6) is 0 Å². The van der Waals surface area contributed by atoms with Gasteiger partial charge in [0.1, 0.15) is 11.3 Å². The first-order valence-corrected chi connectivity index (χ1v) is 7.15. The summed E-state index contributed by atoms with van der Waals surface area (Å²) >= 11 is 0. The highest BCUT2D eigenvalue weighted by atomic mass is 35.5. The normalized spacial score (nSPS) is 20.2. The van der Waals surface area contributed by atoms with Gasteiger partial charge in [-0.25, -0.2) is 0 Å². The monoisotopic (exact) mass is 299 g/mol. The average molecular weight is 300 g/mol. The van der Waals surface area contributed by atoms with Crippen LogP contribution < -0.4 is 5.73 Å². The first-order valence-electron chi connectivity index (χ1n) is 7.15. The molecular weight excluding hydrogens is 282 g/mol. The third kappa shape index (κ3) is 2.45. The summed E-state index contributed by atoms with van der Waals surface area (Å²) in [7, 11) is 0. The lowest BCUT2D eigenvalue weighted by molar-refractivity contribution is 0.630. The van der Waals surface area contributed by atoms with Crippen molar-refractivity contribution in [1.29, 1.82) is 0 Å². The van der Waals surface area contributed by atoms with Crippen LogP contribution in [0.4, 0.5) is 0 Å². The van der Waals surface area contributed by atoms with Gasteiger partial charge in [-0.3, -0.25) is 0 Å². The van der Waals surface area contributed by atoms with Crippen molar-refractivity contribution >= 4 is 23.4 Å². The van der Waals surface area contributed by atoms with E-state index in [0.29, 0.717) is 11.8 Å². The van der Waals surface area contributed by atoms with Gasteiger partial charge in [0.2, 0.25) is 0 Å². The van der Waals surface area contributed by atoms with Crippen molar-refractivity contribution in [2.75, 3.05) is 6.54 Å². The lowest BCUT2D eigenvalue weighted by atomic mass is 10.00. The largest absolute Gasteiger partial charge is 0.456 e. The molecule has 2 N–H and O–H groups in total. The second kappa shape index (κ2) is 5.55. The Morgan fingerprint density at radius 3 is 2.57 bits per heavy atom. The number of rotatable bonds is 3. The molecule has 1 saturated carbocycles. The SMILES string of the molecule is Cl.NC[C@H]1C[C@@H]1c1ccccc1-c1cc2ccccc2o1. The molecule has 2 nitrogen and oxygen atoms in total. The molecular formula is C18H18ClNO. The smallest absolute Gasteiger partial charge is 0.135 e. The third-order valence-corrected chi connectivity index (χ3v) is 4.28. The molecule has 1 aromatic heterocycles. The van der Waals surface area contributed by atoms with Crippen LogP contribution in [0.2, 0.25) is 0 Å². The van der Waals surface area contributed by atoms with Crippen molar-refractivity contribution in [3.63, 3.8) is 0 Å². The van der Waals surface area contributed by atoms with E-state index in [1.165, 1.54) is 17.5 Å². The highest BCUT2D eigenvalue weighted by molar-refractivity contribution is 5.85.